The number of hydrogen-bond acceptors (Lipinski definition) is 2. The third kappa shape index (κ3) is 446. The molecular formula is C4H11NOSi. The maximum Gasteiger partial charge on any atom is 0.231 e. The van der Waals surface area contributed by atoms with Crippen LogP contribution in [-0.2, 0) is 4.79 Å². The Morgan fingerprint density at radius 3 is 1.43 bits per heavy atom. The minimum Gasteiger partial charge on any atom is -0.222 e. The Kier molecular flexibility index (Phi) is 12.8. The quantitative estimate of drug-likeness (QED) is 0.287. The number of hydrogen-bond donors (Lipinski definition) is 1. The predicted octanol–water partition coefficient (Wildman–Crippen LogP) is 1.00. The fourth-order valence-electron chi connectivity index (χ4n) is 0. The van der Waals surface area contributed by atoms with Gasteiger partial charge in [0.2, 0.25) is 6.08 Å². The molecule has 0 saturated carbocycles. The zero-order valence-electron chi connectivity index (χ0n) is 4.99. The molecule has 0 atom stereocenters. The van der Waals surface area contributed by atoms with Crippen LogP contribution in [-0.4, -0.2) is 14.9 Å². The van der Waals surface area contributed by atoms with Crippen LogP contribution in [0.5, 0.6) is 0 Å². The van der Waals surface area contributed by atoms with E-state index in [9.17, 15) is 0 Å². The van der Waals surface area contributed by atoms with Crippen molar-refractivity contribution < 1.29 is 4.79 Å². The molecule has 0 aromatic carbocycles. The van der Waals surface area contributed by atoms with Crippen molar-refractivity contribution in [1.29, 1.82) is 5.41 Å². The van der Waals surface area contributed by atoms with Gasteiger partial charge in [-0.1, -0.05) is 19.6 Å². The van der Waals surface area contributed by atoms with E-state index in [4.69, 9.17) is 10.2 Å². The van der Waals surface area contributed by atoms with Gasteiger partial charge in [0.15, 0.2) is 0 Å². The first-order valence-corrected chi connectivity index (χ1v) is 5.65. The summed E-state index contributed by atoms with van der Waals surface area (Å²) >= 11 is 0. The minimum absolute atomic E-state index is 0.139. The topological polar surface area (TPSA) is 40.9 Å². The van der Waals surface area contributed by atoms with Crippen molar-refractivity contribution in [3.05, 3.63) is 0 Å². The average Bonchev–Trinajstić information content (AvgIpc) is 1.33. The van der Waals surface area contributed by atoms with E-state index in [1.807, 2.05) is 0 Å². The van der Waals surface area contributed by atoms with Gasteiger partial charge in [-0.25, -0.2) is 10.2 Å². The van der Waals surface area contributed by atoms with E-state index >= 15 is 0 Å². The van der Waals surface area contributed by atoms with Gasteiger partial charge in [-0.3, -0.25) is 0 Å². The molecule has 0 aliphatic carbocycles. The summed E-state index contributed by atoms with van der Waals surface area (Å²) in [6.07, 6.45) is 0.750. The summed E-state index contributed by atoms with van der Waals surface area (Å²) in [6.45, 7) is 6.92. The fraction of sp³-hybridized carbons (Fsp3) is 0.750. The van der Waals surface area contributed by atoms with Gasteiger partial charge >= 0.3 is 0 Å². The highest BCUT2D eigenvalue weighted by atomic mass is 28.3. The lowest BCUT2D eigenvalue weighted by atomic mass is 11.7. The fourth-order valence-corrected chi connectivity index (χ4v) is 0. The first kappa shape index (κ1) is 9.78. The SMILES string of the molecule is C[SiH](C)C.N=C=O. The number of nitrogens with one attached hydrogen (secondary N) is 1. The van der Waals surface area contributed by atoms with E-state index in [1.54, 1.807) is 0 Å². The first-order chi connectivity index (χ1) is 3.15. The molecule has 0 bridgehead atoms. The van der Waals surface area contributed by atoms with Gasteiger partial charge < -0.3 is 0 Å². The zero-order valence-corrected chi connectivity index (χ0v) is 6.14. The van der Waals surface area contributed by atoms with Crippen molar-refractivity contribution in [1.82, 2.24) is 0 Å². The Morgan fingerprint density at radius 2 is 1.43 bits per heavy atom. The van der Waals surface area contributed by atoms with Crippen molar-refractivity contribution in [3.63, 3.8) is 0 Å². The van der Waals surface area contributed by atoms with Crippen LogP contribution in [0.4, 0.5) is 0 Å². The molecule has 7 heavy (non-hydrogen) atoms. The van der Waals surface area contributed by atoms with Crippen LogP contribution < -0.4 is 0 Å². The molecule has 0 unspecified atom stereocenters. The molecule has 2 nitrogen and oxygen atoms in total. The Morgan fingerprint density at radius 1 is 1.43 bits per heavy atom. The lowest BCUT2D eigenvalue weighted by Gasteiger charge is -1.75. The van der Waals surface area contributed by atoms with Gasteiger partial charge in [-0.05, 0) is 0 Å². The van der Waals surface area contributed by atoms with Gasteiger partial charge in [0.05, 0.1) is 0 Å². The molecule has 0 saturated heterocycles. The second-order valence-corrected chi connectivity index (χ2v) is 5.30. The molecule has 0 rings (SSSR count). The van der Waals surface area contributed by atoms with Crippen LogP contribution in [0.1, 0.15) is 0 Å². The van der Waals surface area contributed by atoms with Gasteiger partial charge in [0.25, 0.3) is 0 Å². The molecule has 0 aliphatic rings. The van der Waals surface area contributed by atoms with Gasteiger partial charge in [0, 0.05) is 8.80 Å². The molecular weight excluding hydrogens is 106 g/mol. The summed E-state index contributed by atoms with van der Waals surface area (Å²) in [4.78, 5) is 8.35. The van der Waals surface area contributed by atoms with Crippen LogP contribution in [0.25, 0.3) is 0 Å². The van der Waals surface area contributed by atoms with Crippen molar-refractivity contribution >= 4 is 14.9 Å². The van der Waals surface area contributed by atoms with Gasteiger partial charge in [0.1, 0.15) is 0 Å². The summed E-state index contributed by atoms with van der Waals surface area (Å²) in [6, 6.07) is 0. The zero-order chi connectivity index (χ0) is 6.28. The number of carbonyl (C=O) groups excluding carboxylic acids is 1. The second kappa shape index (κ2) is 9.14. The predicted molar refractivity (Wildman–Crippen MR) is 33.2 cm³/mol. The summed E-state index contributed by atoms with van der Waals surface area (Å²) in [7, 11) is -0.139. The lowest BCUT2D eigenvalue weighted by molar-refractivity contribution is 0.563. The summed E-state index contributed by atoms with van der Waals surface area (Å²) in [5.41, 5.74) is 0. The Bertz CT molecular complexity index is 54.0. The average molecular weight is 117 g/mol. The third-order valence-corrected chi connectivity index (χ3v) is 0. The van der Waals surface area contributed by atoms with E-state index in [2.05, 4.69) is 19.6 Å². The van der Waals surface area contributed by atoms with Crippen LogP contribution >= 0.6 is 0 Å². The molecule has 0 aromatic rings. The van der Waals surface area contributed by atoms with E-state index in [-0.39, 0.29) is 8.80 Å². The Labute approximate surface area is 45.7 Å². The van der Waals surface area contributed by atoms with E-state index in [0.717, 1.165) is 6.08 Å². The maximum atomic E-state index is 8.35. The maximum absolute atomic E-state index is 8.35. The van der Waals surface area contributed by atoms with Crippen LogP contribution in [0.15, 0.2) is 0 Å². The van der Waals surface area contributed by atoms with Crippen molar-refractivity contribution in [2.45, 2.75) is 19.6 Å². The lowest BCUT2D eigenvalue weighted by Crippen LogP contribution is -1.84. The highest BCUT2D eigenvalue weighted by Crippen LogP contribution is 1.68. The van der Waals surface area contributed by atoms with Crippen molar-refractivity contribution in [3.8, 4) is 0 Å². The van der Waals surface area contributed by atoms with Gasteiger partial charge in [-0.2, -0.15) is 0 Å². The van der Waals surface area contributed by atoms with Crippen LogP contribution in [0.2, 0.25) is 19.6 Å². The largest absolute Gasteiger partial charge is 0.231 e. The van der Waals surface area contributed by atoms with E-state index in [0.29, 0.717) is 0 Å². The molecule has 0 fully saturated rings. The Hall–Kier alpha value is -0.403. The monoisotopic (exact) mass is 117 g/mol. The number of rotatable bonds is 0. The first-order valence-electron chi connectivity index (χ1n) is 2.19. The molecule has 0 amide bonds. The molecule has 42 valence electrons. The molecule has 1 N–H and O–H groups in total. The summed E-state index contributed by atoms with van der Waals surface area (Å²) < 4.78 is 0. The van der Waals surface area contributed by atoms with Crippen LogP contribution in [0.3, 0.4) is 0 Å². The summed E-state index contributed by atoms with van der Waals surface area (Å²) in [5, 5.41) is 5.40. The van der Waals surface area contributed by atoms with Crippen LogP contribution in [0, 0.1) is 5.41 Å². The smallest absolute Gasteiger partial charge is 0.222 e. The Balaban J connectivity index is 0. The normalized spacial score (nSPS) is 6.29. The highest BCUT2D eigenvalue weighted by molar-refractivity contribution is 6.54. The van der Waals surface area contributed by atoms with E-state index < -0.39 is 0 Å². The van der Waals surface area contributed by atoms with Crippen molar-refractivity contribution in [2.24, 2.45) is 0 Å². The van der Waals surface area contributed by atoms with Crippen molar-refractivity contribution in [2.75, 3.05) is 0 Å². The second-order valence-electron chi connectivity index (χ2n) is 1.83. The molecule has 0 heterocycles. The molecule has 0 aromatic heterocycles. The highest BCUT2D eigenvalue weighted by Gasteiger charge is 1.71. The van der Waals surface area contributed by atoms with Gasteiger partial charge in [-0.15, -0.1) is 0 Å². The minimum atomic E-state index is -0.139. The molecule has 0 spiro atoms. The number of isocyanates is 1. The molecule has 0 aliphatic heterocycles. The molecule has 3 heteroatoms. The summed E-state index contributed by atoms with van der Waals surface area (Å²) in [5.74, 6) is 0. The third-order valence-electron chi connectivity index (χ3n) is 0. The van der Waals surface area contributed by atoms with E-state index in [1.165, 1.54) is 0 Å². The molecule has 0 radical (unpaired) electrons. The standard InChI is InChI=1S/C3H10Si.CHNO/c1-4(2)3;2-1-3/h4H,1-3H3;2H.